The van der Waals surface area contributed by atoms with Crippen LogP contribution in [0.4, 0.5) is 0 Å². The zero-order valence-electron chi connectivity index (χ0n) is 14.7. The molecule has 0 radical (unpaired) electrons. The molecule has 1 N–H and O–H groups in total. The zero-order chi connectivity index (χ0) is 18.9. The van der Waals surface area contributed by atoms with E-state index in [1.54, 1.807) is 24.3 Å². The van der Waals surface area contributed by atoms with Crippen molar-refractivity contribution in [2.45, 2.75) is 20.0 Å². The number of carbonyl (C=O) groups is 2. The quantitative estimate of drug-likeness (QED) is 0.673. The minimum Gasteiger partial charge on any atom is -0.485 e. The van der Waals surface area contributed by atoms with Crippen LogP contribution in [0.2, 0.25) is 0 Å². The van der Waals surface area contributed by atoms with Gasteiger partial charge in [-0.15, -0.1) is 0 Å². The Morgan fingerprint density at radius 2 is 2.00 bits per heavy atom. The van der Waals surface area contributed by atoms with Crippen LogP contribution in [-0.2, 0) is 22.6 Å². The number of benzene rings is 1. The molecule has 0 fully saturated rings. The third kappa shape index (κ3) is 5.55. The van der Waals surface area contributed by atoms with Crippen LogP contribution in [0.25, 0.3) is 0 Å². The Balaban J connectivity index is 1.97. The number of carboxylic acid groups (broad SMARTS) is 1. The predicted octanol–water partition coefficient (Wildman–Crippen LogP) is 1.38. The first-order chi connectivity index (χ1) is 12.5. The fourth-order valence-corrected chi connectivity index (χ4v) is 2.13. The summed E-state index contributed by atoms with van der Waals surface area (Å²) in [7, 11) is 1.49. The Morgan fingerprint density at radius 3 is 2.58 bits per heavy atom. The van der Waals surface area contributed by atoms with Gasteiger partial charge in [0.15, 0.2) is 6.61 Å². The van der Waals surface area contributed by atoms with E-state index >= 15 is 0 Å². The molecule has 9 heteroatoms. The molecule has 0 saturated heterocycles. The van der Waals surface area contributed by atoms with Crippen LogP contribution in [0.3, 0.4) is 0 Å². The monoisotopic (exact) mass is 363 g/mol. The van der Waals surface area contributed by atoms with E-state index in [4.69, 9.17) is 19.1 Å². The van der Waals surface area contributed by atoms with Gasteiger partial charge in [0.1, 0.15) is 12.3 Å². The number of aromatic nitrogens is 2. The first kappa shape index (κ1) is 19.4. The lowest BCUT2D eigenvalue weighted by Crippen LogP contribution is -2.37. The highest BCUT2D eigenvalue weighted by atomic mass is 16.5. The lowest BCUT2D eigenvalue weighted by Gasteiger charge is -2.20. The van der Waals surface area contributed by atoms with Crippen LogP contribution in [0.5, 0.6) is 5.75 Å². The smallest absolute Gasteiger partial charge is 0.323 e. The van der Waals surface area contributed by atoms with Crippen molar-refractivity contribution in [3.63, 3.8) is 0 Å². The van der Waals surface area contributed by atoms with Crippen molar-refractivity contribution in [1.29, 1.82) is 0 Å². The van der Waals surface area contributed by atoms with Crippen LogP contribution in [0.15, 0.2) is 28.8 Å². The highest BCUT2D eigenvalue weighted by Crippen LogP contribution is 2.15. The summed E-state index contributed by atoms with van der Waals surface area (Å²) < 4.78 is 15.5. The molecule has 1 aromatic heterocycles. The van der Waals surface area contributed by atoms with Crippen molar-refractivity contribution in [2.75, 3.05) is 26.8 Å². The number of nitrogens with zero attached hydrogens (tertiary/aromatic N) is 3. The molecule has 0 spiro atoms. The van der Waals surface area contributed by atoms with Gasteiger partial charge in [-0.05, 0) is 24.3 Å². The molecule has 0 aliphatic carbocycles. The van der Waals surface area contributed by atoms with Gasteiger partial charge in [0.2, 0.25) is 11.7 Å². The Bertz CT molecular complexity index is 728. The summed E-state index contributed by atoms with van der Waals surface area (Å²) in [6, 6.07) is 6.41. The van der Waals surface area contributed by atoms with Gasteiger partial charge in [0.25, 0.3) is 5.91 Å². The maximum absolute atomic E-state index is 12.4. The molecule has 140 valence electrons. The number of methoxy groups -OCH3 is 1. The van der Waals surface area contributed by atoms with Crippen LogP contribution in [0, 0.1) is 0 Å². The number of rotatable bonds is 10. The van der Waals surface area contributed by atoms with Crippen molar-refractivity contribution in [3.05, 3.63) is 41.5 Å². The first-order valence-electron chi connectivity index (χ1n) is 8.07. The summed E-state index contributed by atoms with van der Waals surface area (Å²) in [6.45, 7) is 2.12. The van der Waals surface area contributed by atoms with Gasteiger partial charge in [0.05, 0.1) is 6.61 Å². The van der Waals surface area contributed by atoms with Crippen molar-refractivity contribution < 1.29 is 28.7 Å². The average molecular weight is 363 g/mol. The average Bonchev–Trinajstić information content (AvgIpc) is 3.11. The van der Waals surface area contributed by atoms with Crippen LogP contribution in [0.1, 0.15) is 29.0 Å². The van der Waals surface area contributed by atoms with E-state index < -0.39 is 12.5 Å². The molecule has 9 nitrogen and oxygen atoms in total. The summed E-state index contributed by atoms with van der Waals surface area (Å²) in [5, 5.41) is 12.7. The van der Waals surface area contributed by atoms with Crippen LogP contribution >= 0.6 is 0 Å². The number of ether oxygens (including phenoxy) is 2. The standard InChI is InChI=1S/C17H21N3O6/c1-3-15-18-14(19-26-15)11-25-13-6-4-12(5-7-13)17(23)20(8-9-24-2)10-16(21)22/h4-7H,3,8-11H2,1-2H3,(H,21,22). The molecule has 0 aliphatic rings. The highest BCUT2D eigenvalue weighted by molar-refractivity contribution is 5.95. The maximum Gasteiger partial charge on any atom is 0.323 e. The van der Waals surface area contributed by atoms with E-state index in [1.165, 1.54) is 12.0 Å². The number of aryl methyl sites for hydroxylation is 1. The number of carboxylic acids is 1. The largest absolute Gasteiger partial charge is 0.485 e. The number of amides is 1. The van der Waals surface area contributed by atoms with Crippen molar-refractivity contribution in [2.24, 2.45) is 0 Å². The second-order valence-electron chi connectivity index (χ2n) is 5.38. The molecule has 2 aromatic rings. The van der Waals surface area contributed by atoms with E-state index in [0.29, 0.717) is 29.4 Å². The van der Waals surface area contributed by atoms with Crippen LogP contribution in [-0.4, -0.2) is 58.8 Å². The van der Waals surface area contributed by atoms with Gasteiger partial charge >= 0.3 is 5.97 Å². The van der Waals surface area contributed by atoms with Gasteiger partial charge in [-0.3, -0.25) is 9.59 Å². The van der Waals surface area contributed by atoms with Gasteiger partial charge in [-0.2, -0.15) is 4.98 Å². The molecule has 0 aliphatic heterocycles. The summed E-state index contributed by atoms with van der Waals surface area (Å²) in [5.74, 6) is 0.0436. The lowest BCUT2D eigenvalue weighted by molar-refractivity contribution is -0.137. The molecule has 1 heterocycles. The van der Waals surface area contributed by atoms with E-state index in [2.05, 4.69) is 10.1 Å². The third-order valence-corrected chi connectivity index (χ3v) is 3.46. The van der Waals surface area contributed by atoms with Gasteiger partial charge in [-0.1, -0.05) is 12.1 Å². The molecule has 0 unspecified atom stereocenters. The van der Waals surface area contributed by atoms with Crippen molar-refractivity contribution in [1.82, 2.24) is 15.0 Å². The SMILES string of the molecule is CCc1nc(COc2ccc(C(=O)N(CCOC)CC(=O)O)cc2)no1. The third-order valence-electron chi connectivity index (χ3n) is 3.46. The van der Waals surface area contributed by atoms with E-state index in [1.807, 2.05) is 6.92 Å². The maximum atomic E-state index is 12.4. The lowest BCUT2D eigenvalue weighted by atomic mass is 10.2. The molecule has 0 saturated carbocycles. The number of hydrogen-bond acceptors (Lipinski definition) is 7. The summed E-state index contributed by atoms with van der Waals surface area (Å²) >= 11 is 0. The summed E-state index contributed by atoms with van der Waals surface area (Å²) in [5.41, 5.74) is 0.363. The van der Waals surface area contributed by atoms with Gasteiger partial charge < -0.3 is 24.0 Å². The fraction of sp³-hybridized carbons (Fsp3) is 0.412. The Kier molecular flexibility index (Phi) is 7.10. The van der Waals surface area contributed by atoms with E-state index in [9.17, 15) is 9.59 Å². The molecule has 1 amide bonds. The van der Waals surface area contributed by atoms with Gasteiger partial charge in [0, 0.05) is 25.6 Å². The second-order valence-corrected chi connectivity index (χ2v) is 5.38. The molecular weight excluding hydrogens is 342 g/mol. The Morgan fingerprint density at radius 1 is 1.27 bits per heavy atom. The normalized spacial score (nSPS) is 10.5. The number of carbonyl (C=O) groups excluding carboxylic acids is 1. The summed E-state index contributed by atoms with van der Waals surface area (Å²) in [4.78, 5) is 28.7. The molecule has 2 rings (SSSR count). The number of hydrogen-bond donors (Lipinski definition) is 1. The molecular formula is C17H21N3O6. The van der Waals surface area contributed by atoms with Crippen molar-refractivity contribution in [3.8, 4) is 5.75 Å². The van der Waals surface area contributed by atoms with Crippen LogP contribution < -0.4 is 4.74 Å². The zero-order valence-corrected chi connectivity index (χ0v) is 14.7. The molecule has 26 heavy (non-hydrogen) atoms. The first-order valence-corrected chi connectivity index (χ1v) is 8.07. The minimum atomic E-state index is -1.08. The predicted molar refractivity (Wildman–Crippen MR) is 89.9 cm³/mol. The Hall–Kier alpha value is -2.94. The highest BCUT2D eigenvalue weighted by Gasteiger charge is 2.18. The van der Waals surface area contributed by atoms with Crippen molar-refractivity contribution >= 4 is 11.9 Å². The number of aliphatic carboxylic acids is 1. The minimum absolute atomic E-state index is 0.149. The fourth-order valence-electron chi connectivity index (χ4n) is 2.13. The Labute approximate surface area is 150 Å². The molecule has 0 bridgehead atoms. The summed E-state index contributed by atoms with van der Waals surface area (Å²) in [6.07, 6.45) is 0.653. The molecule has 1 aromatic carbocycles. The van der Waals surface area contributed by atoms with E-state index in [0.717, 1.165) is 0 Å². The topological polar surface area (TPSA) is 115 Å². The van der Waals surface area contributed by atoms with E-state index in [-0.39, 0.29) is 25.7 Å². The molecule has 0 atom stereocenters. The second kappa shape index (κ2) is 9.52. The van der Waals surface area contributed by atoms with Gasteiger partial charge in [-0.25, -0.2) is 0 Å².